The Bertz CT molecular complexity index is 1120. The zero-order valence-electron chi connectivity index (χ0n) is 19.2. The lowest BCUT2D eigenvalue weighted by Crippen LogP contribution is -2.30. The summed E-state index contributed by atoms with van der Waals surface area (Å²) in [5, 5.41) is 5.91. The molecule has 0 atom stereocenters. The first-order chi connectivity index (χ1) is 17.1. The second-order valence-corrected chi connectivity index (χ2v) is 9.01. The minimum atomic E-state index is -0.665. The molecule has 10 heteroatoms. The van der Waals surface area contributed by atoms with Gasteiger partial charge in [0, 0.05) is 24.5 Å². The predicted molar refractivity (Wildman–Crippen MR) is 131 cm³/mol. The van der Waals surface area contributed by atoms with Gasteiger partial charge in [0.25, 0.3) is 5.91 Å². The van der Waals surface area contributed by atoms with Gasteiger partial charge in [-0.25, -0.2) is 9.78 Å². The van der Waals surface area contributed by atoms with Gasteiger partial charge in [0.2, 0.25) is 12.7 Å². The third kappa shape index (κ3) is 7.22. The van der Waals surface area contributed by atoms with Crippen LogP contribution < -0.4 is 20.1 Å². The Morgan fingerprint density at radius 1 is 1.09 bits per heavy atom. The van der Waals surface area contributed by atoms with Gasteiger partial charge in [-0.05, 0) is 56.4 Å². The molecule has 2 aliphatic rings. The summed E-state index contributed by atoms with van der Waals surface area (Å²) in [4.78, 5) is 41.2. The van der Waals surface area contributed by atoms with E-state index in [0.717, 1.165) is 31.0 Å². The number of carbonyl (C=O) groups excluding carboxylic acids is 3. The van der Waals surface area contributed by atoms with Crippen LogP contribution in [0.25, 0.3) is 0 Å². The van der Waals surface area contributed by atoms with Crippen LogP contribution in [-0.2, 0) is 14.3 Å². The molecule has 2 aromatic rings. The quantitative estimate of drug-likeness (QED) is 0.290. The summed E-state index contributed by atoms with van der Waals surface area (Å²) >= 11 is 1.11. The summed E-state index contributed by atoms with van der Waals surface area (Å²) in [6, 6.07) is 8.29. The topological polar surface area (TPSA) is 116 Å². The van der Waals surface area contributed by atoms with Crippen molar-refractivity contribution in [3.63, 3.8) is 0 Å². The van der Waals surface area contributed by atoms with E-state index in [9.17, 15) is 14.4 Å². The van der Waals surface area contributed by atoms with Gasteiger partial charge in [-0.3, -0.25) is 9.59 Å². The van der Waals surface area contributed by atoms with Gasteiger partial charge in [0.1, 0.15) is 5.03 Å². The van der Waals surface area contributed by atoms with Gasteiger partial charge in [-0.2, -0.15) is 0 Å². The van der Waals surface area contributed by atoms with Crippen molar-refractivity contribution in [2.45, 2.75) is 37.1 Å². The number of rotatable bonds is 10. The van der Waals surface area contributed by atoms with Gasteiger partial charge >= 0.3 is 5.97 Å². The SMILES string of the molecule is O=C(COC(=O)c1cccnc1SCC(=O)Nc1ccc2c(c1)OCO2)NCCC1=CCCCC1. The number of benzene rings is 1. The molecule has 2 heterocycles. The Kier molecular flexibility index (Phi) is 8.61. The van der Waals surface area contributed by atoms with E-state index in [2.05, 4.69) is 21.7 Å². The molecule has 0 spiro atoms. The van der Waals surface area contributed by atoms with Crippen LogP contribution in [0.5, 0.6) is 11.5 Å². The molecule has 0 fully saturated rings. The first-order valence-corrected chi connectivity index (χ1v) is 12.5. The fraction of sp³-hybridized carbons (Fsp3) is 0.360. The van der Waals surface area contributed by atoms with Crippen LogP contribution in [-0.4, -0.2) is 48.5 Å². The first kappa shape index (κ1) is 24.6. The normalized spacial score (nSPS) is 14.1. The molecule has 35 heavy (non-hydrogen) atoms. The number of nitrogens with one attached hydrogen (secondary N) is 2. The molecule has 184 valence electrons. The molecule has 0 unspecified atom stereocenters. The monoisotopic (exact) mass is 497 g/mol. The standard InChI is InChI=1S/C25H27N3O6S/c29-22(26-12-10-17-5-2-1-3-6-17)14-32-25(31)19-7-4-11-27-24(19)35-15-23(30)28-18-8-9-20-21(13-18)34-16-33-20/h4-5,7-9,11,13H,1-3,6,10,12,14-16H2,(H,26,29)(H,28,30). The van der Waals surface area contributed by atoms with E-state index in [1.807, 2.05) is 0 Å². The number of carbonyl (C=O) groups is 3. The number of hydrogen-bond donors (Lipinski definition) is 2. The van der Waals surface area contributed by atoms with Crippen molar-refractivity contribution in [1.82, 2.24) is 10.3 Å². The lowest BCUT2D eigenvalue weighted by atomic mass is 9.97. The number of esters is 1. The average molecular weight is 498 g/mol. The minimum Gasteiger partial charge on any atom is -0.454 e. The van der Waals surface area contributed by atoms with Crippen molar-refractivity contribution in [2.75, 3.05) is 31.0 Å². The van der Waals surface area contributed by atoms with Crippen LogP contribution >= 0.6 is 11.8 Å². The van der Waals surface area contributed by atoms with E-state index >= 15 is 0 Å². The van der Waals surface area contributed by atoms with E-state index in [-0.39, 0.29) is 36.5 Å². The van der Waals surface area contributed by atoms with E-state index in [0.29, 0.717) is 28.8 Å². The summed E-state index contributed by atoms with van der Waals surface area (Å²) < 4.78 is 15.7. The van der Waals surface area contributed by atoms with Crippen molar-refractivity contribution < 1.29 is 28.6 Å². The second kappa shape index (κ2) is 12.3. The molecule has 1 aromatic heterocycles. The van der Waals surface area contributed by atoms with Crippen LogP contribution in [0.4, 0.5) is 5.69 Å². The summed E-state index contributed by atoms with van der Waals surface area (Å²) in [7, 11) is 0. The number of nitrogens with zero attached hydrogens (tertiary/aromatic N) is 1. The van der Waals surface area contributed by atoms with Gasteiger partial charge in [-0.1, -0.05) is 23.4 Å². The molecule has 9 nitrogen and oxygen atoms in total. The predicted octanol–water partition coefficient (Wildman–Crippen LogP) is 3.70. The van der Waals surface area contributed by atoms with E-state index in [4.69, 9.17) is 14.2 Å². The zero-order valence-corrected chi connectivity index (χ0v) is 20.0. The Labute approximate surface area is 207 Å². The third-order valence-corrected chi connectivity index (χ3v) is 6.48. The van der Waals surface area contributed by atoms with Gasteiger partial charge < -0.3 is 24.8 Å². The third-order valence-electron chi connectivity index (χ3n) is 5.48. The Morgan fingerprint density at radius 3 is 2.83 bits per heavy atom. The Morgan fingerprint density at radius 2 is 1.97 bits per heavy atom. The van der Waals surface area contributed by atoms with Crippen molar-refractivity contribution in [3.05, 3.63) is 53.7 Å². The van der Waals surface area contributed by atoms with E-state index < -0.39 is 5.97 Å². The van der Waals surface area contributed by atoms with Gasteiger partial charge in [-0.15, -0.1) is 0 Å². The smallest absolute Gasteiger partial charge is 0.341 e. The van der Waals surface area contributed by atoms with Crippen LogP contribution in [0.3, 0.4) is 0 Å². The molecule has 2 N–H and O–H groups in total. The summed E-state index contributed by atoms with van der Waals surface area (Å²) in [6.07, 6.45) is 9.20. The molecule has 0 saturated heterocycles. The molecule has 1 aliphatic heterocycles. The highest BCUT2D eigenvalue weighted by molar-refractivity contribution is 8.00. The number of thioether (sulfide) groups is 1. The van der Waals surface area contributed by atoms with Crippen molar-refractivity contribution in [3.8, 4) is 11.5 Å². The number of allylic oxidation sites excluding steroid dienone is 1. The fourth-order valence-electron chi connectivity index (χ4n) is 3.72. The van der Waals surface area contributed by atoms with Crippen LogP contribution in [0.15, 0.2) is 53.2 Å². The maximum atomic E-state index is 12.5. The van der Waals surface area contributed by atoms with E-state index in [1.165, 1.54) is 24.6 Å². The molecule has 0 radical (unpaired) electrons. The van der Waals surface area contributed by atoms with Gasteiger partial charge in [0.15, 0.2) is 18.1 Å². The maximum absolute atomic E-state index is 12.5. The lowest BCUT2D eigenvalue weighted by Gasteiger charge is -2.13. The number of ether oxygens (including phenoxy) is 3. The molecule has 4 rings (SSSR count). The van der Waals surface area contributed by atoms with Crippen molar-refractivity contribution in [1.29, 1.82) is 0 Å². The Balaban J connectivity index is 1.22. The second-order valence-electron chi connectivity index (χ2n) is 8.05. The van der Waals surface area contributed by atoms with Crippen molar-refractivity contribution >= 4 is 35.2 Å². The van der Waals surface area contributed by atoms with Gasteiger partial charge in [0.05, 0.1) is 11.3 Å². The van der Waals surface area contributed by atoms with Crippen LogP contribution in [0.2, 0.25) is 0 Å². The molecule has 1 aliphatic carbocycles. The molecule has 0 bridgehead atoms. The maximum Gasteiger partial charge on any atom is 0.341 e. The highest BCUT2D eigenvalue weighted by Crippen LogP contribution is 2.34. The molecular formula is C25H27N3O6S. The summed E-state index contributed by atoms with van der Waals surface area (Å²) in [5.41, 5.74) is 2.15. The van der Waals surface area contributed by atoms with Crippen molar-refractivity contribution in [2.24, 2.45) is 0 Å². The fourth-order valence-corrected chi connectivity index (χ4v) is 4.50. The molecule has 0 saturated carbocycles. The molecule has 1 aromatic carbocycles. The average Bonchev–Trinajstić information content (AvgIpc) is 3.35. The minimum absolute atomic E-state index is 0.0298. The largest absolute Gasteiger partial charge is 0.454 e. The van der Waals surface area contributed by atoms with Crippen LogP contribution in [0, 0.1) is 0 Å². The number of hydrogen-bond acceptors (Lipinski definition) is 8. The summed E-state index contributed by atoms with van der Waals surface area (Å²) in [6.45, 7) is 0.303. The van der Waals surface area contributed by atoms with Crippen LogP contribution in [0.1, 0.15) is 42.5 Å². The number of aromatic nitrogens is 1. The lowest BCUT2D eigenvalue weighted by molar-refractivity contribution is -0.124. The first-order valence-electron chi connectivity index (χ1n) is 11.5. The highest BCUT2D eigenvalue weighted by atomic mass is 32.2. The molecular weight excluding hydrogens is 470 g/mol. The Hall–Kier alpha value is -3.53. The van der Waals surface area contributed by atoms with E-state index in [1.54, 1.807) is 30.3 Å². The highest BCUT2D eigenvalue weighted by Gasteiger charge is 2.18. The number of fused-ring (bicyclic) bond motifs is 1. The number of pyridine rings is 1. The number of amides is 2. The molecule has 2 amide bonds. The zero-order chi connectivity index (χ0) is 24.5. The number of anilines is 1. The summed E-state index contributed by atoms with van der Waals surface area (Å²) in [5.74, 6) is -0.0592.